The summed E-state index contributed by atoms with van der Waals surface area (Å²) >= 11 is 0. The highest BCUT2D eigenvalue weighted by molar-refractivity contribution is 5.79. The average Bonchev–Trinajstić information content (AvgIpc) is 2.56. The molecular weight excluding hydrogens is 293 g/mol. The fourth-order valence-corrected chi connectivity index (χ4v) is 2.32. The Morgan fingerprint density at radius 2 is 1.96 bits per heavy atom. The van der Waals surface area contributed by atoms with Crippen molar-refractivity contribution < 1.29 is 9.13 Å². The Hall–Kier alpha value is -1.62. The van der Waals surface area contributed by atoms with Crippen LogP contribution in [0.15, 0.2) is 23.2 Å². The summed E-state index contributed by atoms with van der Waals surface area (Å²) in [4.78, 5) is 4.59. The highest BCUT2D eigenvalue weighted by atomic mass is 19.1. The van der Waals surface area contributed by atoms with Gasteiger partial charge in [-0.05, 0) is 30.5 Å². The quantitative estimate of drug-likeness (QED) is 0.540. The SMILES string of the molecule is CCNC(=NCc1ccc(F)c(COC)c1)NCC(CC)CC. The predicted octanol–water partition coefficient (Wildman–Crippen LogP) is 3.46. The minimum absolute atomic E-state index is 0.238. The molecule has 0 amide bonds. The van der Waals surface area contributed by atoms with Gasteiger partial charge in [-0.3, -0.25) is 0 Å². The number of benzene rings is 1. The fraction of sp³-hybridized carbons (Fsp3) is 0.611. The van der Waals surface area contributed by atoms with E-state index < -0.39 is 0 Å². The predicted molar refractivity (Wildman–Crippen MR) is 94.0 cm³/mol. The van der Waals surface area contributed by atoms with Crippen molar-refractivity contribution in [1.82, 2.24) is 10.6 Å². The molecular formula is C18H30FN3O. The van der Waals surface area contributed by atoms with Crippen LogP contribution in [-0.2, 0) is 17.9 Å². The minimum Gasteiger partial charge on any atom is -0.380 e. The number of halogens is 1. The largest absolute Gasteiger partial charge is 0.380 e. The normalized spacial score (nSPS) is 11.8. The molecule has 1 rings (SSSR count). The van der Waals surface area contributed by atoms with Crippen molar-refractivity contribution in [2.24, 2.45) is 10.9 Å². The zero-order valence-electron chi connectivity index (χ0n) is 14.8. The molecule has 0 aliphatic carbocycles. The standard InChI is InChI=1S/C18H30FN3O/c1-5-14(6-2)11-21-18(20-7-3)22-12-15-8-9-17(19)16(10-15)13-23-4/h8-10,14H,5-7,11-13H2,1-4H3,(H2,20,21,22). The number of nitrogens with one attached hydrogen (secondary N) is 2. The summed E-state index contributed by atoms with van der Waals surface area (Å²) < 4.78 is 18.6. The van der Waals surface area contributed by atoms with E-state index in [2.05, 4.69) is 29.5 Å². The zero-order valence-corrected chi connectivity index (χ0v) is 14.8. The van der Waals surface area contributed by atoms with E-state index in [1.165, 1.54) is 6.07 Å². The number of hydrogen-bond donors (Lipinski definition) is 2. The molecule has 1 aromatic rings. The van der Waals surface area contributed by atoms with Crippen LogP contribution in [0.3, 0.4) is 0 Å². The minimum atomic E-state index is -0.238. The van der Waals surface area contributed by atoms with Gasteiger partial charge in [0.25, 0.3) is 0 Å². The molecule has 0 unspecified atom stereocenters. The maximum Gasteiger partial charge on any atom is 0.191 e. The van der Waals surface area contributed by atoms with Crippen molar-refractivity contribution in [3.05, 3.63) is 35.1 Å². The molecule has 0 saturated carbocycles. The lowest BCUT2D eigenvalue weighted by Crippen LogP contribution is -2.39. The Morgan fingerprint density at radius 3 is 2.57 bits per heavy atom. The number of ether oxygens (including phenoxy) is 1. The number of hydrogen-bond acceptors (Lipinski definition) is 2. The van der Waals surface area contributed by atoms with Crippen LogP contribution in [0, 0.1) is 11.7 Å². The van der Waals surface area contributed by atoms with Gasteiger partial charge in [-0.25, -0.2) is 9.38 Å². The van der Waals surface area contributed by atoms with Crippen molar-refractivity contribution in [3.8, 4) is 0 Å². The van der Waals surface area contributed by atoms with Crippen LogP contribution in [0.2, 0.25) is 0 Å². The molecule has 1 aromatic carbocycles. The van der Waals surface area contributed by atoms with Crippen molar-refractivity contribution in [2.75, 3.05) is 20.2 Å². The van der Waals surface area contributed by atoms with Gasteiger partial charge in [0.1, 0.15) is 5.82 Å². The molecule has 0 saturated heterocycles. The van der Waals surface area contributed by atoms with Crippen molar-refractivity contribution in [2.45, 2.75) is 46.8 Å². The van der Waals surface area contributed by atoms with Gasteiger partial charge in [-0.2, -0.15) is 0 Å². The Bertz CT molecular complexity index is 487. The highest BCUT2D eigenvalue weighted by Gasteiger charge is 2.06. The van der Waals surface area contributed by atoms with Gasteiger partial charge >= 0.3 is 0 Å². The first-order chi connectivity index (χ1) is 11.1. The summed E-state index contributed by atoms with van der Waals surface area (Å²) in [5.41, 5.74) is 1.54. The maximum atomic E-state index is 13.6. The molecule has 5 heteroatoms. The summed E-state index contributed by atoms with van der Waals surface area (Å²) in [5.74, 6) is 1.22. The van der Waals surface area contributed by atoms with Crippen LogP contribution in [-0.4, -0.2) is 26.2 Å². The second-order valence-electron chi connectivity index (χ2n) is 5.62. The van der Waals surface area contributed by atoms with E-state index in [0.717, 1.165) is 37.5 Å². The van der Waals surface area contributed by atoms with E-state index in [9.17, 15) is 4.39 Å². The summed E-state index contributed by atoms with van der Waals surface area (Å²) in [6.07, 6.45) is 2.31. The van der Waals surface area contributed by atoms with E-state index in [-0.39, 0.29) is 12.4 Å². The second kappa shape index (κ2) is 11.0. The molecule has 0 spiro atoms. The van der Waals surface area contributed by atoms with Crippen LogP contribution in [0.25, 0.3) is 0 Å². The number of aliphatic imine (C=N–C) groups is 1. The van der Waals surface area contributed by atoms with Crippen molar-refractivity contribution in [3.63, 3.8) is 0 Å². The Balaban J connectivity index is 2.70. The molecule has 0 fully saturated rings. The molecule has 2 N–H and O–H groups in total. The van der Waals surface area contributed by atoms with Crippen LogP contribution in [0.1, 0.15) is 44.7 Å². The molecule has 0 bridgehead atoms. The lowest BCUT2D eigenvalue weighted by molar-refractivity contribution is 0.181. The summed E-state index contributed by atoms with van der Waals surface area (Å²) in [7, 11) is 1.56. The summed E-state index contributed by atoms with van der Waals surface area (Å²) in [6, 6.07) is 5.05. The van der Waals surface area contributed by atoms with Crippen molar-refractivity contribution >= 4 is 5.96 Å². The van der Waals surface area contributed by atoms with Crippen LogP contribution in [0.4, 0.5) is 4.39 Å². The third-order valence-electron chi connectivity index (χ3n) is 3.89. The van der Waals surface area contributed by atoms with Gasteiger partial charge in [0.15, 0.2) is 5.96 Å². The fourth-order valence-electron chi connectivity index (χ4n) is 2.32. The smallest absolute Gasteiger partial charge is 0.191 e. The van der Waals surface area contributed by atoms with Crippen LogP contribution >= 0.6 is 0 Å². The zero-order chi connectivity index (χ0) is 17.1. The lowest BCUT2D eigenvalue weighted by Gasteiger charge is -2.16. The van der Waals surface area contributed by atoms with Gasteiger partial charge in [-0.1, -0.05) is 32.8 Å². The molecule has 4 nitrogen and oxygen atoms in total. The molecule has 130 valence electrons. The number of nitrogens with zero attached hydrogens (tertiary/aromatic N) is 1. The Kier molecular flexibility index (Phi) is 9.29. The van der Waals surface area contributed by atoms with Gasteiger partial charge in [0.2, 0.25) is 0 Å². The first-order valence-electron chi connectivity index (χ1n) is 8.42. The molecule has 0 heterocycles. The number of rotatable bonds is 9. The molecule has 0 aliphatic rings. The first-order valence-corrected chi connectivity index (χ1v) is 8.42. The third kappa shape index (κ3) is 6.99. The van der Waals surface area contributed by atoms with Gasteiger partial charge in [0.05, 0.1) is 13.2 Å². The van der Waals surface area contributed by atoms with E-state index in [1.807, 2.05) is 13.0 Å². The van der Waals surface area contributed by atoms with E-state index in [4.69, 9.17) is 4.74 Å². The molecule has 0 radical (unpaired) electrons. The monoisotopic (exact) mass is 323 g/mol. The lowest BCUT2D eigenvalue weighted by atomic mass is 10.0. The molecule has 23 heavy (non-hydrogen) atoms. The van der Waals surface area contributed by atoms with Gasteiger partial charge < -0.3 is 15.4 Å². The number of methoxy groups -OCH3 is 1. The van der Waals surface area contributed by atoms with Crippen LogP contribution < -0.4 is 10.6 Å². The average molecular weight is 323 g/mol. The van der Waals surface area contributed by atoms with E-state index >= 15 is 0 Å². The highest BCUT2D eigenvalue weighted by Crippen LogP contribution is 2.12. The maximum absolute atomic E-state index is 13.6. The van der Waals surface area contributed by atoms with Gasteiger partial charge in [-0.15, -0.1) is 0 Å². The van der Waals surface area contributed by atoms with Crippen molar-refractivity contribution in [1.29, 1.82) is 0 Å². The van der Waals surface area contributed by atoms with E-state index in [1.54, 1.807) is 13.2 Å². The summed E-state index contributed by atoms with van der Waals surface area (Å²) in [5, 5.41) is 6.63. The third-order valence-corrected chi connectivity index (χ3v) is 3.89. The molecule has 0 atom stereocenters. The topological polar surface area (TPSA) is 45.7 Å². The first kappa shape index (κ1) is 19.4. The summed E-state index contributed by atoms with van der Waals surface area (Å²) in [6.45, 7) is 8.96. The second-order valence-corrected chi connectivity index (χ2v) is 5.62. The Labute approximate surface area is 139 Å². The van der Waals surface area contributed by atoms with E-state index in [0.29, 0.717) is 18.0 Å². The molecule has 0 aliphatic heterocycles. The number of guanidine groups is 1. The van der Waals surface area contributed by atoms with Gasteiger partial charge in [0, 0.05) is 25.8 Å². The van der Waals surface area contributed by atoms with Crippen LogP contribution in [0.5, 0.6) is 0 Å². The molecule has 0 aromatic heterocycles. The Morgan fingerprint density at radius 1 is 1.22 bits per heavy atom.